The zero-order chi connectivity index (χ0) is 8.81. The third kappa shape index (κ3) is 5.60. The van der Waals surface area contributed by atoms with Gasteiger partial charge < -0.3 is 11.3 Å². The number of benzene rings is 1. The molecule has 0 bridgehead atoms. The fraction of sp³-hybridized carbons (Fsp3) is 0.300. The van der Waals surface area contributed by atoms with E-state index in [1.165, 1.54) is 0 Å². The van der Waals surface area contributed by atoms with E-state index >= 15 is 0 Å². The molecule has 0 aliphatic rings. The molecule has 0 aliphatic carbocycles. The van der Waals surface area contributed by atoms with E-state index < -0.39 is 0 Å². The second-order valence-electron chi connectivity index (χ2n) is 2.73. The van der Waals surface area contributed by atoms with E-state index in [-0.39, 0.29) is 58.6 Å². The first-order chi connectivity index (χ1) is 5.83. The molecular weight excluding hydrogens is 191 g/mol. The van der Waals surface area contributed by atoms with Gasteiger partial charge in [0.2, 0.25) is 0 Å². The van der Waals surface area contributed by atoms with Gasteiger partial charge in [-0.05, 0) is 30.5 Å². The Morgan fingerprint density at radius 1 is 1.31 bits per heavy atom. The molecule has 0 saturated heterocycles. The Morgan fingerprint density at radius 3 is 2.46 bits per heavy atom. The van der Waals surface area contributed by atoms with Crippen LogP contribution in [0.2, 0.25) is 0 Å². The zero-order valence-corrected chi connectivity index (χ0v) is 11.0. The van der Waals surface area contributed by atoms with Gasteiger partial charge in [-0.1, -0.05) is 12.1 Å². The molecule has 2 nitrogen and oxygen atoms in total. The Hall–Kier alpha value is 0.326. The molecule has 0 atom stereocenters. The number of phenolic OH excluding ortho intramolecular Hbond substituents is 1. The van der Waals surface area contributed by atoms with E-state index in [0.29, 0.717) is 6.42 Å². The maximum atomic E-state index is 10.0. The van der Waals surface area contributed by atoms with Crippen molar-refractivity contribution in [2.75, 3.05) is 0 Å². The summed E-state index contributed by atoms with van der Waals surface area (Å²) in [4.78, 5) is 10.0. The third-order valence-electron chi connectivity index (χ3n) is 1.72. The standard InChI is InChI=1S/C10H12O2.K.H/c11-8-2-1-3-9-4-6-10(12)7-5-9;;/h4-8,12H,1-3H2;;/q;+1;-1. The summed E-state index contributed by atoms with van der Waals surface area (Å²) in [7, 11) is 0. The summed E-state index contributed by atoms with van der Waals surface area (Å²) in [5.41, 5.74) is 1.16. The quantitative estimate of drug-likeness (QED) is 0.389. The van der Waals surface area contributed by atoms with E-state index in [2.05, 4.69) is 0 Å². The van der Waals surface area contributed by atoms with E-state index in [1.807, 2.05) is 12.1 Å². The van der Waals surface area contributed by atoms with Crippen molar-refractivity contribution in [2.45, 2.75) is 19.3 Å². The number of phenols is 1. The number of hydrogen-bond donors (Lipinski definition) is 1. The van der Waals surface area contributed by atoms with Crippen LogP contribution >= 0.6 is 0 Å². The first-order valence-corrected chi connectivity index (χ1v) is 4.04. The van der Waals surface area contributed by atoms with E-state index in [9.17, 15) is 4.79 Å². The van der Waals surface area contributed by atoms with Crippen molar-refractivity contribution in [3.63, 3.8) is 0 Å². The molecule has 1 aromatic rings. The van der Waals surface area contributed by atoms with Gasteiger partial charge in [-0.2, -0.15) is 0 Å². The average Bonchev–Trinajstić information content (AvgIpc) is 2.09. The summed E-state index contributed by atoms with van der Waals surface area (Å²) in [5, 5.41) is 8.97. The molecule has 0 heterocycles. The Bertz CT molecular complexity index is 249. The average molecular weight is 204 g/mol. The van der Waals surface area contributed by atoms with Gasteiger partial charge in [0.15, 0.2) is 0 Å². The number of carbonyl (C=O) groups is 1. The summed E-state index contributed by atoms with van der Waals surface area (Å²) < 4.78 is 0. The number of aldehydes is 1. The van der Waals surface area contributed by atoms with Crippen molar-refractivity contribution >= 4 is 6.29 Å². The maximum Gasteiger partial charge on any atom is 1.00 e. The summed E-state index contributed by atoms with van der Waals surface area (Å²) in [6.07, 6.45) is 3.33. The molecule has 0 radical (unpaired) electrons. The van der Waals surface area contributed by atoms with Gasteiger partial charge >= 0.3 is 51.4 Å². The van der Waals surface area contributed by atoms with Crippen LogP contribution in [0.5, 0.6) is 5.75 Å². The van der Waals surface area contributed by atoms with Gasteiger partial charge in [-0.3, -0.25) is 0 Å². The number of aryl methyl sites for hydroxylation is 1. The zero-order valence-electron chi connectivity index (χ0n) is 8.86. The first kappa shape index (κ1) is 13.3. The van der Waals surface area contributed by atoms with Crippen molar-refractivity contribution in [2.24, 2.45) is 0 Å². The summed E-state index contributed by atoms with van der Waals surface area (Å²) in [5.74, 6) is 0.286. The van der Waals surface area contributed by atoms with Gasteiger partial charge in [-0.15, -0.1) is 0 Å². The van der Waals surface area contributed by atoms with Crippen LogP contribution in [0.1, 0.15) is 19.8 Å². The largest absolute Gasteiger partial charge is 1.00 e. The third-order valence-corrected chi connectivity index (χ3v) is 1.72. The van der Waals surface area contributed by atoms with Crippen molar-refractivity contribution in [1.29, 1.82) is 0 Å². The minimum Gasteiger partial charge on any atom is -1.00 e. The van der Waals surface area contributed by atoms with Crippen molar-refractivity contribution < 1.29 is 62.7 Å². The van der Waals surface area contributed by atoms with E-state index in [0.717, 1.165) is 24.7 Å². The normalized spacial score (nSPS) is 8.92. The Labute approximate surface area is 122 Å². The summed E-state index contributed by atoms with van der Waals surface area (Å²) in [6.45, 7) is 0. The van der Waals surface area contributed by atoms with Crippen LogP contribution in [0.4, 0.5) is 0 Å². The molecule has 1 aromatic carbocycles. The van der Waals surface area contributed by atoms with Crippen LogP contribution in [0, 0.1) is 0 Å². The number of aromatic hydroxyl groups is 1. The van der Waals surface area contributed by atoms with Gasteiger partial charge in [0.1, 0.15) is 12.0 Å². The smallest absolute Gasteiger partial charge is 1.00 e. The van der Waals surface area contributed by atoms with Gasteiger partial charge in [-0.25, -0.2) is 0 Å². The predicted molar refractivity (Wildman–Crippen MR) is 48.2 cm³/mol. The summed E-state index contributed by atoms with van der Waals surface area (Å²) >= 11 is 0. The molecular formula is C10H13KO2. The fourth-order valence-corrected chi connectivity index (χ4v) is 1.05. The Kier molecular flexibility index (Phi) is 7.90. The molecule has 66 valence electrons. The molecule has 0 unspecified atom stereocenters. The summed E-state index contributed by atoms with van der Waals surface area (Å²) in [6, 6.07) is 7.08. The molecule has 1 rings (SSSR count). The monoisotopic (exact) mass is 204 g/mol. The molecule has 0 aromatic heterocycles. The second-order valence-corrected chi connectivity index (χ2v) is 2.73. The Balaban J connectivity index is 0. The van der Waals surface area contributed by atoms with Crippen LogP contribution in [0.25, 0.3) is 0 Å². The van der Waals surface area contributed by atoms with Gasteiger partial charge in [0.25, 0.3) is 0 Å². The molecule has 3 heteroatoms. The van der Waals surface area contributed by atoms with Crippen LogP contribution in [0.15, 0.2) is 24.3 Å². The van der Waals surface area contributed by atoms with Crippen LogP contribution < -0.4 is 51.4 Å². The number of unbranched alkanes of at least 4 members (excludes halogenated alkanes) is 1. The molecule has 1 N–H and O–H groups in total. The topological polar surface area (TPSA) is 37.3 Å². The fourth-order valence-electron chi connectivity index (χ4n) is 1.05. The van der Waals surface area contributed by atoms with Gasteiger partial charge in [0.05, 0.1) is 0 Å². The SMILES string of the molecule is O=CCCCc1ccc(O)cc1.[H-].[K+]. The molecule has 13 heavy (non-hydrogen) atoms. The van der Waals surface area contributed by atoms with E-state index in [4.69, 9.17) is 5.11 Å². The number of carbonyl (C=O) groups excluding carboxylic acids is 1. The maximum absolute atomic E-state index is 10.0. The first-order valence-electron chi connectivity index (χ1n) is 4.04. The predicted octanol–water partition coefficient (Wildman–Crippen LogP) is -0.970. The molecule has 0 aliphatic heterocycles. The second kappa shape index (κ2) is 7.70. The number of rotatable bonds is 4. The number of hydrogen-bond acceptors (Lipinski definition) is 2. The van der Waals surface area contributed by atoms with Gasteiger partial charge in [0, 0.05) is 6.42 Å². The van der Waals surface area contributed by atoms with Crippen molar-refractivity contribution in [1.82, 2.24) is 0 Å². The van der Waals surface area contributed by atoms with Crippen LogP contribution in [-0.4, -0.2) is 11.4 Å². The van der Waals surface area contributed by atoms with Crippen molar-refractivity contribution in [3.8, 4) is 5.75 Å². The molecule has 0 fully saturated rings. The van der Waals surface area contributed by atoms with E-state index in [1.54, 1.807) is 12.1 Å². The van der Waals surface area contributed by atoms with Crippen LogP contribution in [0.3, 0.4) is 0 Å². The molecule has 0 amide bonds. The Morgan fingerprint density at radius 2 is 1.92 bits per heavy atom. The minimum absolute atomic E-state index is 0. The molecule has 0 saturated carbocycles. The van der Waals surface area contributed by atoms with Crippen molar-refractivity contribution in [3.05, 3.63) is 29.8 Å². The van der Waals surface area contributed by atoms with Crippen LogP contribution in [-0.2, 0) is 11.2 Å². The minimum atomic E-state index is 0. The molecule has 0 spiro atoms.